The molecule has 0 fully saturated rings. The van der Waals surface area contributed by atoms with Crippen LogP contribution in [-0.4, -0.2) is 21.2 Å². The van der Waals surface area contributed by atoms with E-state index < -0.39 is 0 Å². The molecule has 0 spiro atoms. The maximum Gasteiger partial charge on any atom is 0.287 e. The van der Waals surface area contributed by atoms with Crippen LogP contribution in [0.25, 0.3) is 5.69 Å². The summed E-state index contributed by atoms with van der Waals surface area (Å²) >= 11 is 1.14. The Labute approximate surface area is 156 Å². The van der Waals surface area contributed by atoms with Crippen molar-refractivity contribution in [1.82, 2.24) is 9.55 Å². The molecule has 0 bridgehead atoms. The lowest BCUT2D eigenvalue weighted by Gasteiger charge is -2.09. The average Bonchev–Trinajstić information content (AvgIpc) is 2.64. The van der Waals surface area contributed by atoms with Gasteiger partial charge in [-0.2, -0.15) is 0 Å². The highest BCUT2D eigenvalue weighted by Crippen LogP contribution is 2.16. The average molecular weight is 365 g/mol. The molecule has 2 aromatic carbocycles. The second-order valence-electron chi connectivity index (χ2n) is 5.89. The molecule has 132 valence electrons. The highest BCUT2D eigenvalue weighted by Gasteiger charge is 2.11. The Kier molecular flexibility index (Phi) is 5.53. The van der Waals surface area contributed by atoms with Crippen LogP contribution in [0.4, 0.5) is 5.69 Å². The SMILES string of the molecule is Cc1ccc(-n2ccnc(SCC(=O)Nc3ccccc3C)c2=O)cc1. The summed E-state index contributed by atoms with van der Waals surface area (Å²) in [6, 6.07) is 15.2. The molecule has 0 radical (unpaired) electrons. The first-order valence-corrected chi connectivity index (χ1v) is 9.16. The molecular weight excluding hydrogens is 346 g/mol. The highest BCUT2D eigenvalue weighted by atomic mass is 32.2. The fourth-order valence-electron chi connectivity index (χ4n) is 2.43. The van der Waals surface area contributed by atoms with E-state index in [0.717, 1.165) is 34.3 Å². The van der Waals surface area contributed by atoms with Crippen molar-refractivity contribution in [2.24, 2.45) is 0 Å². The Hall–Kier alpha value is -2.86. The summed E-state index contributed by atoms with van der Waals surface area (Å²) in [4.78, 5) is 28.9. The summed E-state index contributed by atoms with van der Waals surface area (Å²) < 4.78 is 1.54. The van der Waals surface area contributed by atoms with Gasteiger partial charge in [-0.3, -0.25) is 14.2 Å². The number of amides is 1. The van der Waals surface area contributed by atoms with Crippen molar-refractivity contribution >= 4 is 23.4 Å². The minimum atomic E-state index is -0.231. The zero-order chi connectivity index (χ0) is 18.5. The van der Waals surface area contributed by atoms with Gasteiger partial charge in [0.05, 0.1) is 5.75 Å². The predicted molar refractivity (Wildman–Crippen MR) is 105 cm³/mol. The van der Waals surface area contributed by atoms with E-state index in [9.17, 15) is 9.59 Å². The standard InChI is InChI=1S/C20H19N3O2S/c1-14-7-9-16(10-8-14)23-12-11-21-19(20(23)25)26-13-18(24)22-17-6-4-3-5-15(17)2/h3-12H,13H2,1-2H3,(H,22,24). The molecule has 3 aromatic rings. The van der Waals surface area contributed by atoms with Crippen LogP contribution in [-0.2, 0) is 4.79 Å². The van der Waals surface area contributed by atoms with Crippen molar-refractivity contribution in [3.63, 3.8) is 0 Å². The lowest BCUT2D eigenvalue weighted by molar-refractivity contribution is -0.113. The first-order chi connectivity index (χ1) is 12.5. The minimum Gasteiger partial charge on any atom is -0.325 e. The second kappa shape index (κ2) is 8.01. The van der Waals surface area contributed by atoms with Gasteiger partial charge in [0, 0.05) is 23.8 Å². The number of rotatable bonds is 5. The monoisotopic (exact) mass is 365 g/mol. The Bertz CT molecular complexity index is 981. The van der Waals surface area contributed by atoms with Crippen molar-refractivity contribution in [2.45, 2.75) is 18.9 Å². The number of aromatic nitrogens is 2. The van der Waals surface area contributed by atoms with Crippen molar-refractivity contribution in [1.29, 1.82) is 0 Å². The summed E-state index contributed by atoms with van der Waals surface area (Å²) in [6.45, 7) is 3.93. The fourth-order valence-corrected chi connectivity index (χ4v) is 3.13. The molecule has 0 unspecified atom stereocenters. The van der Waals surface area contributed by atoms with Gasteiger partial charge in [0.2, 0.25) is 5.91 Å². The number of hydrogen-bond donors (Lipinski definition) is 1. The number of aryl methyl sites for hydroxylation is 2. The van der Waals surface area contributed by atoms with Crippen LogP contribution in [0.15, 0.2) is 70.7 Å². The van der Waals surface area contributed by atoms with E-state index in [0.29, 0.717) is 5.03 Å². The van der Waals surface area contributed by atoms with Gasteiger partial charge >= 0.3 is 0 Å². The van der Waals surface area contributed by atoms with Gasteiger partial charge in [-0.05, 0) is 37.6 Å². The molecule has 5 nitrogen and oxygen atoms in total. The zero-order valence-electron chi connectivity index (χ0n) is 14.6. The third-order valence-electron chi connectivity index (χ3n) is 3.88. The molecular formula is C20H19N3O2S. The second-order valence-corrected chi connectivity index (χ2v) is 6.86. The fraction of sp³-hybridized carbons (Fsp3) is 0.150. The first kappa shape index (κ1) is 17.9. The third-order valence-corrected chi connectivity index (χ3v) is 4.84. The largest absolute Gasteiger partial charge is 0.325 e. The topological polar surface area (TPSA) is 64.0 Å². The highest BCUT2D eigenvalue weighted by molar-refractivity contribution is 7.99. The summed E-state index contributed by atoms with van der Waals surface area (Å²) in [7, 11) is 0. The third kappa shape index (κ3) is 4.21. The molecule has 1 amide bonds. The number of nitrogens with one attached hydrogen (secondary N) is 1. The van der Waals surface area contributed by atoms with Gasteiger partial charge < -0.3 is 5.32 Å². The van der Waals surface area contributed by atoms with Crippen molar-refractivity contribution in [2.75, 3.05) is 11.1 Å². The smallest absolute Gasteiger partial charge is 0.287 e. The maximum absolute atomic E-state index is 12.6. The number of carbonyl (C=O) groups excluding carboxylic acids is 1. The van der Waals surface area contributed by atoms with Crippen molar-refractivity contribution < 1.29 is 4.79 Å². The van der Waals surface area contributed by atoms with Crippen LogP contribution in [0, 0.1) is 13.8 Å². The lowest BCUT2D eigenvalue weighted by Crippen LogP contribution is -2.22. The first-order valence-electron chi connectivity index (χ1n) is 8.17. The Morgan fingerprint density at radius 2 is 1.85 bits per heavy atom. The van der Waals surface area contributed by atoms with E-state index in [1.807, 2.05) is 62.4 Å². The molecule has 1 aromatic heterocycles. The summed E-state index contributed by atoms with van der Waals surface area (Å²) in [6.07, 6.45) is 3.20. The van der Waals surface area contributed by atoms with Crippen LogP contribution in [0.5, 0.6) is 0 Å². The molecule has 0 saturated carbocycles. The van der Waals surface area contributed by atoms with E-state index in [-0.39, 0.29) is 17.2 Å². The number of anilines is 1. The van der Waals surface area contributed by atoms with Crippen molar-refractivity contribution in [3.05, 3.63) is 82.4 Å². The zero-order valence-corrected chi connectivity index (χ0v) is 15.4. The minimum absolute atomic E-state index is 0.120. The van der Waals surface area contributed by atoms with Crippen LogP contribution in [0.2, 0.25) is 0 Å². The summed E-state index contributed by atoms with van der Waals surface area (Å²) in [5.74, 6) is -0.0506. The van der Waals surface area contributed by atoms with E-state index >= 15 is 0 Å². The van der Waals surface area contributed by atoms with Gasteiger partial charge in [-0.25, -0.2) is 4.98 Å². The summed E-state index contributed by atoms with van der Waals surface area (Å²) in [5, 5.41) is 3.16. The molecule has 1 heterocycles. The number of hydrogen-bond acceptors (Lipinski definition) is 4. The number of carbonyl (C=O) groups is 1. The van der Waals surface area contributed by atoms with Crippen molar-refractivity contribution in [3.8, 4) is 5.69 Å². The van der Waals surface area contributed by atoms with E-state index in [1.54, 1.807) is 12.4 Å². The molecule has 0 aliphatic rings. The molecule has 0 atom stereocenters. The Balaban J connectivity index is 1.71. The predicted octanol–water partition coefficient (Wildman–Crippen LogP) is 3.58. The van der Waals surface area contributed by atoms with Gasteiger partial charge in [0.1, 0.15) is 0 Å². The molecule has 3 rings (SSSR count). The van der Waals surface area contributed by atoms with Crippen LogP contribution in [0.1, 0.15) is 11.1 Å². The van der Waals surface area contributed by atoms with Gasteiger partial charge in [-0.1, -0.05) is 47.7 Å². The van der Waals surface area contributed by atoms with Crippen LogP contribution < -0.4 is 10.9 Å². The number of para-hydroxylation sites is 1. The molecule has 0 saturated heterocycles. The van der Waals surface area contributed by atoms with E-state index in [1.165, 1.54) is 4.57 Å². The molecule has 0 aliphatic heterocycles. The van der Waals surface area contributed by atoms with E-state index in [2.05, 4.69) is 10.3 Å². The molecule has 6 heteroatoms. The number of benzene rings is 2. The normalized spacial score (nSPS) is 10.5. The van der Waals surface area contributed by atoms with Crippen LogP contribution in [0.3, 0.4) is 0 Å². The lowest BCUT2D eigenvalue weighted by atomic mass is 10.2. The molecule has 26 heavy (non-hydrogen) atoms. The summed E-state index contributed by atoms with van der Waals surface area (Å²) in [5.41, 5.74) is 3.43. The quantitative estimate of drug-likeness (QED) is 0.702. The molecule has 0 aliphatic carbocycles. The van der Waals surface area contributed by atoms with Gasteiger partial charge in [-0.15, -0.1) is 0 Å². The van der Waals surface area contributed by atoms with E-state index in [4.69, 9.17) is 0 Å². The van der Waals surface area contributed by atoms with Crippen LogP contribution >= 0.6 is 11.8 Å². The number of thioether (sulfide) groups is 1. The number of nitrogens with zero attached hydrogens (tertiary/aromatic N) is 2. The Morgan fingerprint density at radius 3 is 2.58 bits per heavy atom. The Morgan fingerprint density at radius 1 is 1.12 bits per heavy atom. The van der Waals surface area contributed by atoms with Gasteiger partial charge in [0.25, 0.3) is 5.56 Å². The van der Waals surface area contributed by atoms with Gasteiger partial charge in [0.15, 0.2) is 5.03 Å². The molecule has 1 N–H and O–H groups in total. The maximum atomic E-state index is 12.6.